The van der Waals surface area contributed by atoms with Gasteiger partial charge in [-0.15, -0.1) is 0 Å². The molecule has 0 bridgehead atoms. The minimum Gasteiger partial charge on any atom is -0.274 e. The number of hydrogen-bond acceptors (Lipinski definition) is 4. The van der Waals surface area contributed by atoms with Crippen molar-refractivity contribution in [3.05, 3.63) is 11.8 Å². The highest BCUT2D eigenvalue weighted by molar-refractivity contribution is 6.21. The molecule has 0 radical (unpaired) electrons. The summed E-state index contributed by atoms with van der Waals surface area (Å²) < 4.78 is 1.37. The Labute approximate surface area is 98.4 Å². The molecule has 2 rings (SSSR count). The lowest BCUT2D eigenvalue weighted by Gasteiger charge is -2.14. The maximum absolute atomic E-state index is 12.0. The first-order valence-corrected chi connectivity index (χ1v) is 5.29. The smallest absolute Gasteiger partial charge is 0.238 e. The summed E-state index contributed by atoms with van der Waals surface area (Å²) in [5.74, 6) is -1.00. The van der Waals surface area contributed by atoms with E-state index in [1.807, 2.05) is 6.07 Å². The minimum atomic E-state index is -0.357. The molecule has 2 amide bonds. The standard InChI is InChI=1S/C11H12N4O2/c1-6-7(2)11(17)15(10(6)16)9-8(4-12)5-13-14(9)3/h5-7H,1-3H3. The molecule has 0 saturated carbocycles. The maximum atomic E-state index is 12.0. The Morgan fingerprint density at radius 1 is 1.29 bits per heavy atom. The Hall–Kier alpha value is -2.16. The molecular formula is C11H12N4O2. The van der Waals surface area contributed by atoms with Crippen LogP contribution in [0.1, 0.15) is 19.4 Å². The van der Waals surface area contributed by atoms with Gasteiger partial charge < -0.3 is 0 Å². The van der Waals surface area contributed by atoms with E-state index in [9.17, 15) is 9.59 Å². The molecule has 2 heterocycles. The average Bonchev–Trinajstić information content (AvgIpc) is 2.76. The van der Waals surface area contributed by atoms with Gasteiger partial charge in [-0.05, 0) is 0 Å². The van der Waals surface area contributed by atoms with Gasteiger partial charge in [0.2, 0.25) is 11.8 Å². The van der Waals surface area contributed by atoms with Crippen molar-refractivity contribution in [1.82, 2.24) is 9.78 Å². The molecule has 88 valence electrons. The number of anilines is 1. The first kappa shape index (κ1) is 11.3. The number of carbonyl (C=O) groups is 2. The summed E-state index contributed by atoms with van der Waals surface area (Å²) in [4.78, 5) is 25.1. The Kier molecular flexibility index (Phi) is 2.46. The lowest BCUT2D eigenvalue weighted by Crippen LogP contribution is -2.33. The molecule has 1 saturated heterocycles. The number of carbonyl (C=O) groups excluding carboxylic acids is 2. The molecule has 0 spiro atoms. The summed E-state index contributed by atoms with van der Waals surface area (Å²) in [6.07, 6.45) is 1.35. The lowest BCUT2D eigenvalue weighted by molar-refractivity contribution is -0.122. The fourth-order valence-electron chi connectivity index (χ4n) is 1.93. The summed E-state index contributed by atoms with van der Waals surface area (Å²) in [7, 11) is 1.60. The normalized spacial score (nSPS) is 24.2. The fraction of sp³-hybridized carbons (Fsp3) is 0.455. The third kappa shape index (κ3) is 1.43. The number of rotatable bonds is 1. The average molecular weight is 232 g/mol. The number of aromatic nitrogens is 2. The van der Waals surface area contributed by atoms with Crippen molar-refractivity contribution < 1.29 is 9.59 Å². The Morgan fingerprint density at radius 2 is 1.82 bits per heavy atom. The molecule has 1 aliphatic heterocycles. The maximum Gasteiger partial charge on any atom is 0.238 e. The van der Waals surface area contributed by atoms with Crippen LogP contribution in [0.2, 0.25) is 0 Å². The number of nitrogens with zero attached hydrogens (tertiary/aromatic N) is 4. The van der Waals surface area contributed by atoms with Crippen molar-refractivity contribution in [2.24, 2.45) is 18.9 Å². The van der Waals surface area contributed by atoms with Crippen LogP contribution in [0.4, 0.5) is 5.82 Å². The van der Waals surface area contributed by atoms with Crippen LogP contribution in [0.5, 0.6) is 0 Å². The van der Waals surface area contributed by atoms with Gasteiger partial charge in [0.1, 0.15) is 11.6 Å². The zero-order chi connectivity index (χ0) is 12.7. The monoisotopic (exact) mass is 232 g/mol. The zero-order valence-electron chi connectivity index (χ0n) is 9.84. The predicted octanol–water partition coefficient (Wildman–Crippen LogP) is 0.437. The third-order valence-corrected chi connectivity index (χ3v) is 3.21. The van der Waals surface area contributed by atoms with Crippen molar-refractivity contribution in [1.29, 1.82) is 5.26 Å². The number of imide groups is 1. The van der Waals surface area contributed by atoms with Crippen LogP contribution in [0.3, 0.4) is 0 Å². The summed E-state index contributed by atoms with van der Waals surface area (Å²) in [5.41, 5.74) is 0.232. The van der Waals surface area contributed by atoms with Crippen LogP contribution in [-0.4, -0.2) is 21.6 Å². The van der Waals surface area contributed by atoms with Crippen LogP contribution in [0.25, 0.3) is 0 Å². The highest BCUT2D eigenvalue weighted by atomic mass is 16.2. The van der Waals surface area contributed by atoms with Gasteiger partial charge in [0.05, 0.1) is 6.20 Å². The molecule has 17 heavy (non-hydrogen) atoms. The second-order valence-electron chi connectivity index (χ2n) is 4.21. The Bertz CT molecular complexity index is 520. The van der Waals surface area contributed by atoms with E-state index in [1.54, 1.807) is 20.9 Å². The Balaban J connectivity index is 2.55. The second-order valence-corrected chi connectivity index (χ2v) is 4.21. The first-order chi connectivity index (χ1) is 7.99. The van der Waals surface area contributed by atoms with E-state index in [-0.39, 0.29) is 35.0 Å². The molecular weight excluding hydrogens is 220 g/mol. The van der Waals surface area contributed by atoms with E-state index in [0.717, 1.165) is 4.90 Å². The van der Waals surface area contributed by atoms with E-state index < -0.39 is 0 Å². The SMILES string of the molecule is CC1C(=O)N(c2c(C#N)cnn2C)C(=O)C1C. The Morgan fingerprint density at radius 3 is 2.29 bits per heavy atom. The molecule has 0 N–H and O–H groups in total. The number of aryl methyl sites for hydroxylation is 1. The van der Waals surface area contributed by atoms with Gasteiger partial charge in [-0.3, -0.25) is 14.3 Å². The number of nitriles is 1. The van der Waals surface area contributed by atoms with Crippen molar-refractivity contribution in [3.63, 3.8) is 0 Å². The topological polar surface area (TPSA) is 79.0 Å². The van der Waals surface area contributed by atoms with Gasteiger partial charge in [-0.25, -0.2) is 4.90 Å². The van der Waals surface area contributed by atoms with Crippen LogP contribution in [-0.2, 0) is 16.6 Å². The largest absolute Gasteiger partial charge is 0.274 e. The van der Waals surface area contributed by atoms with Crippen LogP contribution >= 0.6 is 0 Å². The van der Waals surface area contributed by atoms with Gasteiger partial charge >= 0.3 is 0 Å². The van der Waals surface area contributed by atoms with Crippen molar-refractivity contribution in [2.45, 2.75) is 13.8 Å². The van der Waals surface area contributed by atoms with Crippen LogP contribution in [0, 0.1) is 23.2 Å². The molecule has 1 aromatic rings. The van der Waals surface area contributed by atoms with Gasteiger partial charge in [0, 0.05) is 18.9 Å². The van der Waals surface area contributed by atoms with Crippen molar-refractivity contribution >= 4 is 17.6 Å². The van der Waals surface area contributed by atoms with E-state index in [0.29, 0.717) is 0 Å². The number of hydrogen-bond donors (Lipinski definition) is 0. The molecule has 0 aliphatic carbocycles. The van der Waals surface area contributed by atoms with Gasteiger partial charge in [0.15, 0.2) is 5.82 Å². The van der Waals surface area contributed by atoms with Gasteiger partial charge in [0.25, 0.3) is 0 Å². The molecule has 1 aromatic heterocycles. The highest BCUT2D eigenvalue weighted by Crippen LogP contribution is 2.31. The fourth-order valence-corrected chi connectivity index (χ4v) is 1.93. The van der Waals surface area contributed by atoms with Gasteiger partial charge in [-0.2, -0.15) is 10.4 Å². The molecule has 6 heteroatoms. The van der Waals surface area contributed by atoms with Crippen molar-refractivity contribution in [3.8, 4) is 6.07 Å². The number of amides is 2. The second kappa shape index (κ2) is 3.70. The summed E-state index contributed by atoms with van der Waals surface area (Å²) >= 11 is 0. The molecule has 1 fully saturated rings. The highest BCUT2D eigenvalue weighted by Gasteiger charge is 2.45. The minimum absolute atomic E-state index is 0.232. The summed E-state index contributed by atoms with van der Waals surface area (Å²) in [6.45, 7) is 3.43. The summed E-state index contributed by atoms with van der Waals surface area (Å²) in [6, 6.07) is 1.93. The van der Waals surface area contributed by atoms with Crippen LogP contribution < -0.4 is 4.90 Å². The van der Waals surface area contributed by atoms with Crippen LogP contribution in [0.15, 0.2) is 6.20 Å². The van der Waals surface area contributed by atoms with E-state index >= 15 is 0 Å². The quantitative estimate of drug-likeness (QED) is 0.658. The summed E-state index contributed by atoms with van der Waals surface area (Å²) in [5, 5.41) is 12.8. The van der Waals surface area contributed by atoms with Crippen molar-refractivity contribution in [2.75, 3.05) is 4.90 Å². The molecule has 2 atom stereocenters. The van der Waals surface area contributed by atoms with E-state index in [2.05, 4.69) is 5.10 Å². The predicted molar refractivity (Wildman–Crippen MR) is 58.7 cm³/mol. The van der Waals surface area contributed by atoms with E-state index in [4.69, 9.17) is 5.26 Å². The van der Waals surface area contributed by atoms with E-state index in [1.165, 1.54) is 10.9 Å². The molecule has 1 aliphatic rings. The first-order valence-electron chi connectivity index (χ1n) is 5.29. The zero-order valence-corrected chi connectivity index (χ0v) is 9.84. The lowest BCUT2D eigenvalue weighted by atomic mass is 10.00. The van der Waals surface area contributed by atoms with Gasteiger partial charge in [-0.1, -0.05) is 13.8 Å². The molecule has 2 unspecified atom stereocenters. The molecule has 6 nitrogen and oxygen atoms in total. The third-order valence-electron chi connectivity index (χ3n) is 3.21. The molecule has 0 aromatic carbocycles.